The van der Waals surface area contributed by atoms with Gasteiger partial charge in [0, 0.05) is 11.9 Å². The Morgan fingerprint density at radius 1 is 1.10 bits per heavy atom. The van der Waals surface area contributed by atoms with Crippen LogP contribution < -0.4 is 15.8 Å². The van der Waals surface area contributed by atoms with Gasteiger partial charge in [0.15, 0.2) is 0 Å². The number of anilines is 2. The number of rotatable bonds is 4. The molecular formula is C17H17N3O. The van der Waals surface area contributed by atoms with E-state index in [1.54, 1.807) is 13.3 Å². The molecule has 0 aliphatic rings. The van der Waals surface area contributed by atoms with Gasteiger partial charge in [-0.1, -0.05) is 30.3 Å². The van der Waals surface area contributed by atoms with Crippen molar-refractivity contribution < 1.29 is 4.74 Å². The molecule has 3 N–H and O–H groups in total. The molecule has 4 heteroatoms. The molecule has 1 aromatic heterocycles. The van der Waals surface area contributed by atoms with Crippen molar-refractivity contribution in [1.29, 1.82) is 0 Å². The van der Waals surface area contributed by atoms with E-state index in [0.717, 1.165) is 27.9 Å². The Balaban J connectivity index is 1.85. The molecule has 0 spiro atoms. The SMILES string of the molecule is COc1ccc(CNc2c(N)cnc3ccccc23)cc1. The lowest BCUT2D eigenvalue weighted by Crippen LogP contribution is -2.04. The highest BCUT2D eigenvalue weighted by molar-refractivity contribution is 5.96. The topological polar surface area (TPSA) is 60.2 Å². The predicted octanol–water partition coefficient (Wildman–Crippen LogP) is 3.44. The van der Waals surface area contributed by atoms with E-state index < -0.39 is 0 Å². The third-order valence-corrected chi connectivity index (χ3v) is 3.43. The molecule has 1 heterocycles. The Morgan fingerprint density at radius 2 is 1.86 bits per heavy atom. The average molecular weight is 279 g/mol. The third-order valence-electron chi connectivity index (χ3n) is 3.43. The molecule has 0 fully saturated rings. The number of nitrogen functional groups attached to an aromatic ring is 1. The van der Waals surface area contributed by atoms with Crippen molar-refractivity contribution in [3.63, 3.8) is 0 Å². The standard InChI is InChI=1S/C17H17N3O/c1-21-13-8-6-12(7-9-13)10-20-17-14-4-2-3-5-16(14)19-11-15(17)18/h2-9,11H,10,18H2,1H3,(H,19,20). The maximum absolute atomic E-state index is 6.05. The molecule has 106 valence electrons. The zero-order valence-corrected chi connectivity index (χ0v) is 11.8. The number of ether oxygens (including phenoxy) is 1. The number of pyridine rings is 1. The van der Waals surface area contributed by atoms with E-state index in [9.17, 15) is 0 Å². The molecule has 0 unspecified atom stereocenters. The van der Waals surface area contributed by atoms with E-state index in [1.807, 2.05) is 48.5 Å². The number of nitrogens with one attached hydrogen (secondary N) is 1. The minimum absolute atomic E-state index is 0.655. The largest absolute Gasteiger partial charge is 0.497 e. The Kier molecular flexibility index (Phi) is 3.60. The molecule has 0 saturated heterocycles. The Hall–Kier alpha value is -2.75. The highest BCUT2D eigenvalue weighted by atomic mass is 16.5. The molecular weight excluding hydrogens is 262 g/mol. The van der Waals surface area contributed by atoms with Crippen molar-refractivity contribution in [2.24, 2.45) is 0 Å². The molecule has 0 atom stereocenters. The van der Waals surface area contributed by atoms with Crippen LogP contribution in [0.25, 0.3) is 10.9 Å². The van der Waals surface area contributed by atoms with Gasteiger partial charge >= 0.3 is 0 Å². The quantitative estimate of drug-likeness (QED) is 0.768. The van der Waals surface area contributed by atoms with Gasteiger partial charge in [0.1, 0.15) is 5.75 Å². The van der Waals surface area contributed by atoms with Gasteiger partial charge in [-0.25, -0.2) is 0 Å². The summed E-state index contributed by atoms with van der Waals surface area (Å²) in [6, 6.07) is 15.9. The molecule has 3 rings (SSSR count). The van der Waals surface area contributed by atoms with E-state index in [2.05, 4.69) is 10.3 Å². The van der Waals surface area contributed by atoms with Crippen LogP contribution in [0.15, 0.2) is 54.7 Å². The first-order chi connectivity index (χ1) is 10.3. The van der Waals surface area contributed by atoms with Crippen molar-refractivity contribution in [1.82, 2.24) is 4.98 Å². The van der Waals surface area contributed by atoms with Gasteiger partial charge < -0.3 is 15.8 Å². The van der Waals surface area contributed by atoms with Crippen LogP contribution in [0.2, 0.25) is 0 Å². The van der Waals surface area contributed by atoms with Crippen molar-refractivity contribution in [2.45, 2.75) is 6.54 Å². The summed E-state index contributed by atoms with van der Waals surface area (Å²) in [7, 11) is 1.66. The van der Waals surface area contributed by atoms with Crippen LogP contribution in [-0.4, -0.2) is 12.1 Å². The lowest BCUT2D eigenvalue weighted by atomic mass is 10.1. The van der Waals surface area contributed by atoms with E-state index >= 15 is 0 Å². The summed E-state index contributed by atoms with van der Waals surface area (Å²) in [4.78, 5) is 4.34. The van der Waals surface area contributed by atoms with Gasteiger partial charge in [-0.2, -0.15) is 0 Å². The smallest absolute Gasteiger partial charge is 0.118 e. The summed E-state index contributed by atoms with van der Waals surface area (Å²) in [5.74, 6) is 0.854. The molecule has 2 aromatic carbocycles. The molecule has 0 amide bonds. The van der Waals surface area contributed by atoms with Gasteiger partial charge in [-0.15, -0.1) is 0 Å². The van der Waals surface area contributed by atoms with Gasteiger partial charge in [-0.3, -0.25) is 4.98 Å². The molecule has 0 aliphatic heterocycles. The number of hydrogen-bond donors (Lipinski definition) is 2. The van der Waals surface area contributed by atoms with E-state index in [1.165, 1.54) is 0 Å². The fourth-order valence-corrected chi connectivity index (χ4v) is 2.29. The van der Waals surface area contributed by atoms with Crippen molar-refractivity contribution in [3.05, 3.63) is 60.3 Å². The number of hydrogen-bond acceptors (Lipinski definition) is 4. The monoisotopic (exact) mass is 279 g/mol. The normalized spacial score (nSPS) is 10.5. The van der Waals surface area contributed by atoms with Gasteiger partial charge in [-0.05, 0) is 23.8 Å². The fraction of sp³-hybridized carbons (Fsp3) is 0.118. The third kappa shape index (κ3) is 2.74. The second-order valence-electron chi connectivity index (χ2n) is 4.81. The van der Waals surface area contributed by atoms with Crippen LogP contribution in [0.3, 0.4) is 0 Å². The molecule has 0 saturated carbocycles. The summed E-state index contributed by atoms with van der Waals surface area (Å²) in [6.45, 7) is 0.697. The summed E-state index contributed by atoms with van der Waals surface area (Å²) >= 11 is 0. The minimum Gasteiger partial charge on any atom is -0.497 e. The number of methoxy groups -OCH3 is 1. The Labute approximate surface area is 123 Å². The van der Waals surface area contributed by atoms with Crippen LogP contribution in [0.5, 0.6) is 5.75 Å². The molecule has 0 bridgehead atoms. The molecule has 0 radical (unpaired) electrons. The van der Waals surface area contributed by atoms with Crippen molar-refractivity contribution >= 4 is 22.3 Å². The average Bonchev–Trinajstić information content (AvgIpc) is 2.54. The number of nitrogens with zero attached hydrogens (tertiary/aromatic N) is 1. The molecule has 4 nitrogen and oxygen atoms in total. The Bertz CT molecular complexity index is 754. The lowest BCUT2D eigenvalue weighted by molar-refractivity contribution is 0.414. The van der Waals surface area contributed by atoms with Crippen molar-refractivity contribution in [3.8, 4) is 5.75 Å². The van der Waals surface area contributed by atoms with Crippen LogP contribution in [0, 0.1) is 0 Å². The fourth-order valence-electron chi connectivity index (χ4n) is 2.29. The van der Waals surface area contributed by atoms with Crippen LogP contribution >= 0.6 is 0 Å². The maximum Gasteiger partial charge on any atom is 0.118 e. The van der Waals surface area contributed by atoms with Crippen LogP contribution in [0.4, 0.5) is 11.4 Å². The second-order valence-corrected chi connectivity index (χ2v) is 4.81. The van der Waals surface area contributed by atoms with Crippen LogP contribution in [-0.2, 0) is 6.54 Å². The number of aromatic nitrogens is 1. The molecule has 3 aromatic rings. The summed E-state index contributed by atoms with van der Waals surface area (Å²) in [5, 5.41) is 4.44. The first-order valence-electron chi connectivity index (χ1n) is 6.78. The lowest BCUT2D eigenvalue weighted by Gasteiger charge is -2.12. The molecule has 0 aliphatic carbocycles. The van der Waals surface area contributed by atoms with E-state index in [-0.39, 0.29) is 0 Å². The van der Waals surface area contributed by atoms with E-state index in [0.29, 0.717) is 12.2 Å². The number of fused-ring (bicyclic) bond motifs is 1. The minimum atomic E-state index is 0.655. The zero-order valence-electron chi connectivity index (χ0n) is 11.8. The number of nitrogens with two attached hydrogens (primary N) is 1. The van der Waals surface area contributed by atoms with Gasteiger partial charge in [0.05, 0.1) is 30.2 Å². The molecule has 21 heavy (non-hydrogen) atoms. The first-order valence-corrected chi connectivity index (χ1v) is 6.78. The van der Waals surface area contributed by atoms with Crippen molar-refractivity contribution in [2.75, 3.05) is 18.2 Å². The highest BCUT2D eigenvalue weighted by Gasteiger charge is 2.06. The summed E-state index contributed by atoms with van der Waals surface area (Å²) in [6.07, 6.45) is 1.69. The summed E-state index contributed by atoms with van der Waals surface area (Å²) < 4.78 is 5.16. The second kappa shape index (κ2) is 5.71. The highest BCUT2D eigenvalue weighted by Crippen LogP contribution is 2.28. The van der Waals surface area contributed by atoms with Crippen LogP contribution in [0.1, 0.15) is 5.56 Å². The summed E-state index contributed by atoms with van der Waals surface area (Å²) in [5.41, 5.74) is 9.73. The van der Waals surface area contributed by atoms with Gasteiger partial charge in [0.25, 0.3) is 0 Å². The van der Waals surface area contributed by atoms with E-state index in [4.69, 9.17) is 10.5 Å². The zero-order chi connectivity index (χ0) is 14.7. The predicted molar refractivity (Wildman–Crippen MR) is 86.5 cm³/mol. The first kappa shape index (κ1) is 13.2. The number of benzene rings is 2. The number of para-hydroxylation sites is 1. The van der Waals surface area contributed by atoms with Gasteiger partial charge in [0.2, 0.25) is 0 Å². The maximum atomic E-state index is 6.05. The Morgan fingerprint density at radius 3 is 2.62 bits per heavy atom.